The van der Waals surface area contributed by atoms with Crippen molar-refractivity contribution in [1.29, 1.82) is 0 Å². The van der Waals surface area contributed by atoms with Crippen molar-refractivity contribution in [2.75, 3.05) is 38.3 Å². The summed E-state index contributed by atoms with van der Waals surface area (Å²) in [6.07, 6.45) is 2.53. The van der Waals surface area contributed by atoms with E-state index in [0.717, 1.165) is 30.7 Å². The zero-order valence-corrected chi connectivity index (χ0v) is 14.9. The minimum Gasteiger partial charge on any atom is -0.384 e. The van der Waals surface area contributed by atoms with Crippen LogP contribution in [0.3, 0.4) is 0 Å². The van der Waals surface area contributed by atoms with Crippen LogP contribution in [0.1, 0.15) is 38.3 Å². The molecule has 4 heteroatoms. The molecule has 1 aromatic carbocycles. The van der Waals surface area contributed by atoms with Crippen molar-refractivity contribution in [2.45, 2.75) is 32.7 Å². The molecule has 0 radical (unpaired) electrons. The topological polar surface area (TPSA) is 24.5 Å². The Hall–Kier alpha value is -0.580. The lowest BCUT2D eigenvalue weighted by molar-refractivity contribution is 0.143. The molecule has 0 saturated carbocycles. The summed E-state index contributed by atoms with van der Waals surface area (Å²) in [6.45, 7) is 8.49. The predicted molar refractivity (Wildman–Crippen MR) is 93.0 cm³/mol. The maximum Gasteiger partial charge on any atom is 0.0507 e. The molecule has 0 spiro atoms. The predicted octanol–water partition coefficient (Wildman–Crippen LogP) is 3.98. The number of methoxy groups -OCH3 is 1. The molecular weight excluding hydrogens is 328 g/mol. The third kappa shape index (κ3) is 4.44. The lowest BCUT2D eigenvalue weighted by Crippen LogP contribution is -2.38. The van der Waals surface area contributed by atoms with E-state index in [9.17, 15) is 0 Å². The lowest BCUT2D eigenvalue weighted by Gasteiger charge is -2.36. The molecule has 0 aromatic heterocycles. The molecule has 1 heterocycles. The first-order chi connectivity index (χ1) is 10.2. The fraction of sp³-hybridized carbons (Fsp3) is 0.647. The van der Waals surface area contributed by atoms with Gasteiger partial charge in [0, 0.05) is 36.4 Å². The van der Waals surface area contributed by atoms with Crippen LogP contribution in [0.15, 0.2) is 22.7 Å². The Morgan fingerprint density at radius 3 is 3.00 bits per heavy atom. The smallest absolute Gasteiger partial charge is 0.0507 e. The van der Waals surface area contributed by atoms with Gasteiger partial charge in [-0.15, -0.1) is 0 Å². The summed E-state index contributed by atoms with van der Waals surface area (Å²) in [5.41, 5.74) is 2.75. The van der Waals surface area contributed by atoms with Crippen LogP contribution >= 0.6 is 15.9 Å². The SMILES string of the molecule is CCNC(C)c1cc(Br)ccc1N1CCCC(COC)C1. The van der Waals surface area contributed by atoms with Gasteiger partial charge in [0.25, 0.3) is 0 Å². The third-order valence-electron chi connectivity index (χ3n) is 4.23. The van der Waals surface area contributed by atoms with Crippen LogP contribution in [0, 0.1) is 5.92 Å². The normalized spacial score (nSPS) is 20.6. The first kappa shape index (κ1) is 16.8. The Labute approximate surface area is 137 Å². The van der Waals surface area contributed by atoms with Gasteiger partial charge in [0.15, 0.2) is 0 Å². The van der Waals surface area contributed by atoms with Crippen molar-refractivity contribution >= 4 is 21.6 Å². The summed E-state index contributed by atoms with van der Waals surface area (Å²) < 4.78 is 6.50. The van der Waals surface area contributed by atoms with E-state index in [0.29, 0.717) is 12.0 Å². The number of nitrogens with zero attached hydrogens (tertiary/aromatic N) is 1. The average molecular weight is 355 g/mol. The number of hydrogen-bond acceptors (Lipinski definition) is 3. The van der Waals surface area contributed by atoms with Crippen molar-refractivity contribution < 1.29 is 4.74 Å². The zero-order valence-electron chi connectivity index (χ0n) is 13.4. The van der Waals surface area contributed by atoms with Crippen LogP contribution in [0.4, 0.5) is 5.69 Å². The molecule has 1 fully saturated rings. The molecule has 2 rings (SSSR count). The van der Waals surface area contributed by atoms with Crippen molar-refractivity contribution in [3.05, 3.63) is 28.2 Å². The molecule has 118 valence electrons. The number of ether oxygens (including phenoxy) is 1. The van der Waals surface area contributed by atoms with Crippen LogP contribution in [0.2, 0.25) is 0 Å². The summed E-state index contributed by atoms with van der Waals surface area (Å²) >= 11 is 3.61. The number of anilines is 1. The molecule has 0 amide bonds. The molecule has 0 bridgehead atoms. The highest BCUT2D eigenvalue weighted by Gasteiger charge is 2.23. The highest BCUT2D eigenvalue weighted by atomic mass is 79.9. The second-order valence-electron chi connectivity index (χ2n) is 5.89. The largest absolute Gasteiger partial charge is 0.384 e. The molecular formula is C17H27BrN2O. The van der Waals surface area contributed by atoms with Gasteiger partial charge in [-0.25, -0.2) is 0 Å². The first-order valence-electron chi connectivity index (χ1n) is 7.92. The number of halogens is 1. The quantitative estimate of drug-likeness (QED) is 0.835. The molecule has 1 aromatic rings. The van der Waals surface area contributed by atoms with Crippen molar-refractivity contribution in [3.63, 3.8) is 0 Å². The second kappa shape index (κ2) is 8.16. The van der Waals surface area contributed by atoms with Gasteiger partial charge in [-0.2, -0.15) is 0 Å². The van der Waals surface area contributed by atoms with E-state index >= 15 is 0 Å². The summed E-state index contributed by atoms with van der Waals surface area (Å²) in [4.78, 5) is 2.53. The Bertz CT molecular complexity index is 450. The van der Waals surface area contributed by atoms with Crippen molar-refractivity contribution in [1.82, 2.24) is 5.32 Å². The van der Waals surface area contributed by atoms with E-state index in [-0.39, 0.29) is 0 Å². The van der Waals surface area contributed by atoms with E-state index in [4.69, 9.17) is 4.74 Å². The highest BCUT2D eigenvalue weighted by molar-refractivity contribution is 9.10. The van der Waals surface area contributed by atoms with Gasteiger partial charge >= 0.3 is 0 Å². The van der Waals surface area contributed by atoms with Gasteiger partial charge in [0.05, 0.1) is 6.61 Å². The van der Waals surface area contributed by atoms with E-state index in [1.54, 1.807) is 7.11 Å². The monoisotopic (exact) mass is 354 g/mol. The first-order valence-corrected chi connectivity index (χ1v) is 8.71. The lowest BCUT2D eigenvalue weighted by atomic mass is 9.96. The Morgan fingerprint density at radius 2 is 2.29 bits per heavy atom. The number of piperidine rings is 1. The van der Waals surface area contributed by atoms with Gasteiger partial charge in [0.2, 0.25) is 0 Å². The minimum absolute atomic E-state index is 0.366. The average Bonchev–Trinajstić information content (AvgIpc) is 2.48. The Balaban J connectivity index is 2.21. The number of benzene rings is 1. The molecule has 1 aliphatic rings. The molecule has 21 heavy (non-hydrogen) atoms. The highest BCUT2D eigenvalue weighted by Crippen LogP contribution is 2.32. The molecule has 2 unspecified atom stereocenters. The third-order valence-corrected chi connectivity index (χ3v) is 4.72. The van der Waals surface area contributed by atoms with Gasteiger partial charge in [-0.3, -0.25) is 0 Å². The zero-order chi connectivity index (χ0) is 15.2. The van der Waals surface area contributed by atoms with E-state index in [2.05, 4.69) is 58.2 Å². The van der Waals surface area contributed by atoms with Crippen molar-refractivity contribution in [3.8, 4) is 0 Å². The fourth-order valence-electron chi connectivity index (χ4n) is 3.23. The number of rotatable bonds is 6. The maximum atomic E-state index is 5.35. The van der Waals surface area contributed by atoms with Gasteiger partial charge < -0.3 is 15.0 Å². The standard InChI is InChI=1S/C17H27BrN2O/c1-4-19-13(2)16-10-15(18)7-8-17(16)20-9-5-6-14(11-20)12-21-3/h7-8,10,13-14,19H,4-6,9,11-12H2,1-3H3. The molecule has 3 nitrogen and oxygen atoms in total. The van der Waals surface area contributed by atoms with Crippen LogP contribution in [-0.2, 0) is 4.74 Å². The number of nitrogens with one attached hydrogen (secondary N) is 1. The molecule has 2 atom stereocenters. The van der Waals surface area contributed by atoms with Gasteiger partial charge in [0.1, 0.15) is 0 Å². The summed E-state index contributed by atoms with van der Waals surface area (Å²) in [6, 6.07) is 7.02. The van der Waals surface area contributed by atoms with Gasteiger partial charge in [-0.1, -0.05) is 22.9 Å². The Morgan fingerprint density at radius 1 is 1.48 bits per heavy atom. The van der Waals surface area contributed by atoms with E-state index < -0.39 is 0 Å². The molecule has 1 aliphatic heterocycles. The summed E-state index contributed by atoms with van der Waals surface area (Å²) in [7, 11) is 1.80. The van der Waals surface area contributed by atoms with Crippen LogP contribution < -0.4 is 10.2 Å². The van der Waals surface area contributed by atoms with E-state index in [1.165, 1.54) is 24.1 Å². The molecule has 1 N–H and O–H groups in total. The molecule has 0 aliphatic carbocycles. The minimum atomic E-state index is 0.366. The van der Waals surface area contributed by atoms with Gasteiger partial charge in [-0.05, 0) is 56.0 Å². The Kier molecular flexibility index (Phi) is 6.52. The van der Waals surface area contributed by atoms with Crippen LogP contribution in [-0.4, -0.2) is 33.4 Å². The molecule has 1 saturated heterocycles. The summed E-state index contributed by atoms with van der Waals surface area (Å²) in [5.74, 6) is 0.648. The summed E-state index contributed by atoms with van der Waals surface area (Å²) in [5, 5.41) is 3.53. The van der Waals surface area contributed by atoms with E-state index in [1.807, 2.05) is 0 Å². The van der Waals surface area contributed by atoms with Crippen molar-refractivity contribution in [2.24, 2.45) is 5.92 Å². The second-order valence-corrected chi connectivity index (χ2v) is 6.81. The fourth-order valence-corrected chi connectivity index (χ4v) is 3.61. The van der Waals surface area contributed by atoms with Crippen LogP contribution in [0.5, 0.6) is 0 Å². The number of hydrogen-bond donors (Lipinski definition) is 1. The van der Waals surface area contributed by atoms with Crippen LogP contribution in [0.25, 0.3) is 0 Å². The maximum absolute atomic E-state index is 5.35.